The van der Waals surface area contributed by atoms with Crippen molar-refractivity contribution in [3.63, 3.8) is 0 Å². The van der Waals surface area contributed by atoms with Crippen molar-refractivity contribution >= 4 is 29.5 Å². The summed E-state index contributed by atoms with van der Waals surface area (Å²) in [4.78, 5) is 50.5. The first-order valence-electron chi connectivity index (χ1n) is 10.6. The highest BCUT2D eigenvalue weighted by molar-refractivity contribution is 6.06. The molecule has 1 aromatic rings. The first-order chi connectivity index (χ1) is 15.8. The molecule has 33 heavy (non-hydrogen) atoms. The maximum absolute atomic E-state index is 12.6. The topological polar surface area (TPSA) is 134 Å². The normalized spacial score (nSPS) is 24.8. The van der Waals surface area contributed by atoms with Gasteiger partial charge in [0.05, 0.1) is 24.6 Å². The molecule has 0 aliphatic carbocycles. The SMILES string of the molecule is C=CCC1C(c2ccc(OCC(=O)N3CCOC3=O)cc2)=C(C(=O)O)N2C(=O)[C@H]([C@@H](C)O)[C@@H]12. The monoisotopic (exact) mass is 456 g/mol. The Morgan fingerprint density at radius 1 is 1.30 bits per heavy atom. The summed E-state index contributed by atoms with van der Waals surface area (Å²) in [5.74, 6) is -2.80. The zero-order valence-electron chi connectivity index (χ0n) is 18.0. The van der Waals surface area contributed by atoms with Crippen molar-refractivity contribution in [1.29, 1.82) is 0 Å². The average molecular weight is 456 g/mol. The van der Waals surface area contributed by atoms with E-state index in [1.54, 1.807) is 30.3 Å². The molecule has 3 aliphatic rings. The Labute approximate surface area is 189 Å². The lowest BCUT2D eigenvalue weighted by Crippen LogP contribution is -2.63. The fraction of sp³-hybridized carbons (Fsp3) is 0.391. The van der Waals surface area contributed by atoms with Gasteiger partial charge in [-0.3, -0.25) is 9.59 Å². The third kappa shape index (κ3) is 3.76. The maximum Gasteiger partial charge on any atom is 0.416 e. The molecule has 2 saturated heterocycles. The number of aliphatic hydroxyl groups is 1. The Morgan fingerprint density at radius 3 is 2.55 bits per heavy atom. The molecule has 2 fully saturated rings. The maximum atomic E-state index is 12.6. The van der Waals surface area contributed by atoms with Crippen molar-refractivity contribution < 1.29 is 38.9 Å². The van der Waals surface area contributed by atoms with Crippen molar-refractivity contribution in [2.75, 3.05) is 19.8 Å². The number of amides is 3. The molecular weight excluding hydrogens is 432 g/mol. The summed E-state index contributed by atoms with van der Waals surface area (Å²) in [6.45, 7) is 5.28. The summed E-state index contributed by atoms with van der Waals surface area (Å²) < 4.78 is 10.2. The third-order valence-corrected chi connectivity index (χ3v) is 6.20. The number of aliphatic hydroxyl groups excluding tert-OH is 1. The molecule has 3 amide bonds. The molecule has 1 unspecified atom stereocenters. The molecule has 3 heterocycles. The fourth-order valence-electron chi connectivity index (χ4n) is 4.77. The van der Waals surface area contributed by atoms with E-state index in [-0.39, 0.29) is 31.4 Å². The van der Waals surface area contributed by atoms with Crippen molar-refractivity contribution in [1.82, 2.24) is 9.80 Å². The number of rotatable bonds is 8. The number of ether oxygens (including phenoxy) is 2. The first kappa shape index (κ1) is 22.5. The number of allylic oxidation sites excluding steroid dienone is 1. The zero-order chi connectivity index (χ0) is 23.9. The number of carboxylic acid groups (broad SMARTS) is 1. The molecule has 4 rings (SSSR count). The number of nitrogens with zero attached hydrogens (tertiary/aromatic N) is 2. The highest BCUT2D eigenvalue weighted by Crippen LogP contribution is 2.52. The lowest BCUT2D eigenvalue weighted by molar-refractivity contribution is -0.163. The van der Waals surface area contributed by atoms with Gasteiger partial charge in [-0.2, -0.15) is 0 Å². The molecule has 0 aromatic heterocycles. The molecule has 0 saturated carbocycles. The van der Waals surface area contributed by atoms with Gasteiger partial charge in [0, 0.05) is 5.92 Å². The van der Waals surface area contributed by atoms with Gasteiger partial charge in [0.25, 0.3) is 5.91 Å². The lowest BCUT2D eigenvalue weighted by Gasteiger charge is -2.47. The number of hydrogen-bond donors (Lipinski definition) is 2. The van der Waals surface area contributed by atoms with E-state index in [0.717, 1.165) is 4.90 Å². The Morgan fingerprint density at radius 2 is 2.00 bits per heavy atom. The van der Waals surface area contributed by atoms with E-state index in [9.17, 15) is 29.4 Å². The number of fused-ring (bicyclic) bond motifs is 1. The molecule has 3 aliphatic heterocycles. The van der Waals surface area contributed by atoms with Crippen molar-refractivity contribution in [3.05, 3.63) is 48.2 Å². The van der Waals surface area contributed by atoms with E-state index in [0.29, 0.717) is 23.3 Å². The molecule has 0 bridgehead atoms. The molecule has 10 heteroatoms. The third-order valence-electron chi connectivity index (χ3n) is 6.20. The van der Waals surface area contributed by atoms with Crippen LogP contribution in [0.1, 0.15) is 18.9 Å². The van der Waals surface area contributed by atoms with Crippen LogP contribution in [0.25, 0.3) is 5.57 Å². The summed E-state index contributed by atoms with van der Waals surface area (Å²) >= 11 is 0. The minimum atomic E-state index is -1.22. The highest BCUT2D eigenvalue weighted by Gasteiger charge is 2.60. The van der Waals surface area contributed by atoms with Crippen LogP contribution in [0.15, 0.2) is 42.6 Å². The minimum absolute atomic E-state index is 0.0925. The van der Waals surface area contributed by atoms with Gasteiger partial charge in [0.15, 0.2) is 6.61 Å². The number of carbonyl (C=O) groups is 4. The molecule has 0 spiro atoms. The van der Waals surface area contributed by atoms with Gasteiger partial charge >= 0.3 is 12.1 Å². The van der Waals surface area contributed by atoms with E-state index in [4.69, 9.17) is 9.47 Å². The van der Waals surface area contributed by atoms with Gasteiger partial charge in [-0.05, 0) is 36.6 Å². The van der Waals surface area contributed by atoms with Gasteiger partial charge in [-0.1, -0.05) is 18.2 Å². The molecular formula is C23H24N2O8. The van der Waals surface area contributed by atoms with Crippen LogP contribution in [0.2, 0.25) is 0 Å². The Hall–Kier alpha value is -3.66. The Kier molecular flexibility index (Phi) is 5.94. The van der Waals surface area contributed by atoms with E-state index in [2.05, 4.69) is 6.58 Å². The van der Waals surface area contributed by atoms with Crippen LogP contribution in [0.4, 0.5) is 4.79 Å². The number of carbonyl (C=O) groups excluding carboxylic acids is 3. The molecule has 10 nitrogen and oxygen atoms in total. The average Bonchev–Trinajstić information content (AvgIpc) is 3.32. The lowest BCUT2D eigenvalue weighted by atomic mass is 9.74. The minimum Gasteiger partial charge on any atom is -0.484 e. The summed E-state index contributed by atoms with van der Waals surface area (Å²) in [6, 6.07) is 6.04. The van der Waals surface area contributed by atoms with E-state index < -0.39 is 41.9 Å². The van der Waals surface area contributed by atoms with Gasteiger partial charge < -0.3 is 24.6 Å². The van der Waals surface area contributed by atoms with Crippen LogP contribution in [-0.4, -0.2) is 75.8 Å². The highest BCUT2D eigenvalue weighted by atomic mass is 16.6. The largest absolute Gasteiger partial charge is 0.484 e. The molecule has 1 aromatic carbocycles. The van der Waals surface area contributed by atoms with Crippen molar-refractivity contribution in [2.24, 2.45) is 11.8 Å². The number of carboxylic acids is 1. The quantitative estimate of drug-likeness (QED) is 0.441. The summed E-state index contributed by atoms with van der Waals surface area (Å²) in [5.41, 5.74) is 0.990. The second-order valence-corrected chi connectivity index (χ2v) is 8.14. The first-order valence-corrected chi connectivity index (χ1v) is 10.6. The van der Waals surface area contributed by atoms with Crippen LogP contribution in [-0.2, 0) is 19.1 Å². The summed E-state index contributed by atoms with van der Waals surface area (Å²) in [7, 11) is 0. The van der Waals surface area contributed by atoms with E-state index in [1.165, 1.54) is 11.8 Å². The van der Waals surface area contributed by atoms with Crippen LogP contribution >= 0.6 is 0 Å². The van der Waals surface area contributed by atoms with Crippen molar-refractivity contribution in [2.45, 2.75) is 25.5 Å². The second-order valence-electron chi connectivity index (χ2n) is 8.14. The van der Waals surface area contributed by atoms with Gasteiger partial charge in [0.1, 0.15) is 18.1 Å². The second kappa shape index (κ2) is 8.70. The number of cyclic esters (lactones) is 1. The van der Waals surface area contributed by atoms with E-state index >= 15 is 0 Å². The van der Waals surface area contributed by atoms with Gasteiger partial charge in [-0.15, -0.1) is 6.58 Å². The number of β-lactam (4-membered cyclic amide) rings is 1. The number of benzene rings is 1. The molecule has 4 atom stereocenters. The standard InChI is InChI=1S/C23H24N2O8/c1-3-4-15-18(20(22(29)30)25-19(15)17(12(2)26)21(25)28)13-5-7-14(8-6-13)33-11-16(27)24-9-10-32-23(24)31/h3,5-8,12,15,17,19,26H,1,4,9-11H2,2H3,(H,29,30)/t12-,15?,17-,19-/m1/s1. The Bertz CT molecular complexity index is 1050. The van der Waals surface area contributed by atoms with Crippen LogP contribution < -0.4 is 4.74 Å². The van der Waals surface area contributed by atoms with Crippen LogP contribution in [0, 0.1) is 11.8 Å². The molecule has 0 radical (unpaired) electrons. The Balaban J connectivity index is 1.57. The van der Waals surface area contributed by atoms with Gasteiger partial charge in [0.2, 0.25) is 5.91 Å². The summed E-state index contributed by atoms with van der Waals surface area (Å²) in [5, 5.41) is 20.0. The molecule has 174 valence electrons. The zero-order valence-corrected chi connectivity index (χ0v) is 18.0. The number of aliphatic carboxylic acids is 1. The van der Waals surface area contributed by atoms with Crippen LogP contribution in [0.5, 0.6) is 5.75 Å². The number of hydrogen-bond acceptors (Lipinski definition) is 7. The fourth-order valence-corrected chi connectivity index (χ4v) is 4.77. The predicted octanol–water partition coefficient (Wildman–Crippen LogP) is 1.25. The number of imide groups is 1. The van der Waals surface area contributed by atoms with E-state index in [1.807, 2.05) is 0 Å². The van der Waals surface area contributed by atoms with Gasteiger partial charge in [-0.25, -0.2) is 14.5 Å². The summed E-state index contributed by atoms with van der Waals surface area (Å²) in [6.07, 6.45) is 0.502. The van der Waals surface area contributed by atoms with Crippen LogP contribution in [0.3, 0.4) is 0 Å². The smallest absolute Gasteiger partial charge is 0.416 e. The van der Waals surface area contributed by atoms with Crippen molar-refractivity contribution in [3.8, 4) is 5.75 Å². The molecule has 2 N–H and O–H groups in total. The predicted molar refractivity (Wildman–Crippen MR) is 114 cm³/mol.